The second-order valence-electron chi connectivity index (χ2n) is 5.11. The Labute approximate surface area is 111 Å². The van der Waals surface area contributed by atoms with Gasteiger partial charge in [0.2, 0.25) is 0 Å². The normalized spacial score (nSPS) is 11.7. The van der Waals surface area contributed by atoms with Crippen LogP contribution in [0.4, 0.5) is 0 Å². The van der Waals surface area contributed by atoms with Gasteiger partial charge in [-0.2, -0.15) is 0 Å². The first-order valence-corrected chi connectivity index (χ1v) is 6.51. The number of aryl methyl sites for hydroxylation is 2. The molecule has 4 rings (SSSR count). The number of hydrogen-bond donors (Lipinski definition) is 0. The summed E-state index contributed by atoms with van der Waals surface area (Å²) in [6.45, 7) is 4.21. The average Bonchev–Trinajstić information content (AvgIpc) is 2.78. The predicted molar refractivity (Wildman–Crippen MR) is 79.7 cm³/mol. The number of aromatic nitrogens is 2. The van der Waals surface area contributed by atoms with Gasteiger partial charge >= 0.3 is 0 Å². The first kappa shape index (κ1) is 10.6. The molecule has 0 atom stereocenters. The van der Waals surface area contributed by atoms with Crippen LogP contribution in [0.5, 0.6) is 0 Å². The third-order valence-corrected chi connectivity index (χ3v) is 3.74. The minimum absolute atomic E-state index is 1.05. The molecule has 92 valence electrons. The van der Waals surface area contributed by atoms with Crippen LogP contribution in [0, 0.1) is 13.8 Å². The Balaban J connectivity index is 2.36. The van der Waals surface area contributed by atoms with Crippen LogP contribution in [0.2, 0.25) is 0 Å². The van der Waals surface area contributed by atoms with Crippen LogP contribution in [0.1, 0.15) is 11.3 Å². The van der Waals surface area contributed by atoms with Crippen molar-refractivity contribution in [2.24, 2.45) is 0 Å². The summed E-state index contributed by atoms with van der Waals surface area (Å²) in [6, 6.07) is 17.1. The summed E-state index contributed by atoms with van der Waals surface area (Å²) < 4.78 is 2.31. The van der Waals surface area contributed by atoms with Gasteiger partial charge in [-0.05, 0) is 44.2 Å². The fraction of sp³-hybridized carbons (Fsp3) is 0.118. The second-order valence-corrected chi connectivity index (χ2v) is 5.11. The Morgan fingerprint density at radius 3 is 2.58 bits per heavy atom. The minimum Gasteiger partial charge on any atom is -0.306 e. The average molecular weight is 246 g/mol. The van der Waals surface area contributed by atoms with Gasteiger partial charge in [-0.15, -0.1) is 0 Å². The molecule has 4 aromatic rings. The summed E-state index contributed by atoms with van der Waals surface area (Å²) in [6.07, 6.45) is 0. The molecule has 2 nitrogen and oxygen atoms in total. The summed E-state index contributed by atoms with van der Waals surface area (Å²) >= 11 is 0. The lowest BCUT2D eigenvalue weighted by Crippen LogP contribution is -1.94. The molecule has 2 heterocycles. The van der Waals surface area contributed by atoms with Gasteiger partial charge in [0.25, 0.3) is 0 Å². The quantitative estimate of drug-likeness (QED) is 0.453. The van der Waals surface area contributed by atoms with E-state index in [1.54, 1.807) is 0 Å². The maximum absolute atomic E-state index is 4.70. The molecule has 19 heavy (non-hydrogen) atoms. The van der Waals surface area contributed by atoms with Gasteiger partial charge in [0.1, 0.15) is 0 Å². The van der Waals surface area contributed by atoms with Gasteiger partial charge in [-0.3, -0.25) is 0 Å². The molecule has 2 heteroatoms. The lowest BCUT2D eigenvalue weighted by Gasteiger charge is -2.06. The molecule has 0 aliphatic carbocycles. The number of fused-ring (bicyclic) bond motifs is 5. The van der Waals surface area contributed by atoms with Crippen molar-refractivity contribution in [3.8, 4) is 0 Å². The molecule has 0 saturated heterocycles. The SMILES string of the molecule is Cc1ccc2c(c1)cc1c(C)nc3ccccc3n12. The highest BCUT2D eigenvalue weighted by Crippen LogP contribution is 2.27. The van der Waals surface area contributed by atoms with Crippen molar-refractivity contribution in [2.75, 3.05) is 0 Å². The van der Waals surface area contributed by atoms with Gasteiger partial charge < -0.3 is 4.40 Å². The van der Waals surface area contributed by atoms with Crippen LogP contribution in [-0.4, -0.2) is 9.38 Å². The zero-order valence-corrected chi connectivity index (χ0v) is 11.0. The summed E-state index contributed by atoms with van der Waals surface area (Å²) in [5, 5.41) is 1.28. The number of nitrogens with zero attached hydrogens (tertiary/aromatic N) is 2. The van der Waals surface area contributed by atoms with E-state index >= 15 is 0 Å². The Kier molecular flexibility index (Phi) is 1.99. The van der Waals surface area contributed by atoms with Crippen LogP contribution in [-0.2, 0) is 0 Å². The highest BCUT2D eigenvalue weighted by Gasteiger charge is 2.09. The molecular weight excluding hydrogens is 232 g/mol. The molecule has 0 unspecified atom stereocenters. The van der Waals surface area contributed by atoms with Crippen molar-refractivity contribution in [3.63, 3.8) is 0 Å². The van der Waals surface area contributed by atoms with Crippen LogP contribution >= 0.6 is 0 Å². The molecule has 0 radical (unpaired) electrons. The Hall–Kier alpha value is -2.35. The lowest BCUT2D eigenvalue weighted by atomic mass is 10.2. The van der Waals surface area contributed by atoms with Gasteiger partial charge in [0.15, 0.2) is 0 Å². The topological polar surface area (TPSA) is 17.3 Å². The highest BCUT2D eigenvalue weighted by molar-refractivity contribution is 5.94. The Bertz CT molecular complexity index is 932. The predicted octanol–water partition coefficient (Wildman–Crippen LogP) is 4.26. The van der Waals surface area contributed by atoms with E-state index in [4.69, 9.17) is 4.98 Å². The fourth-order valence-corrected chi connectivity index (χ4v) is 2.85. The van der Waals surface area contributed by atoms with Crippen molar-refractivity contribution >= 4 is 27.5 Å². The molecule has 0 aliphatic heterocycles. The van der Waals surface area contributed by atoms with Crippen LogP contribution in [0.15, 0.2) is 48.5 Å². The standard InChI is InChI=1S/C17H14N2/c1-11-7-8-15-13(9-11)10-17-12(2)18-14-5-3-4-6-16(14)19(15)17/h3-10H,1-2H3. The summed E-state index contributed by atoms with van der Waals surface area (Å²) in [5.74, 6) is 0. The maximum atomic E-state index is 4.70. The van der Waals surface area contributed by atoms with E-state index in [-0.39, 0.29) is 0 Å². The third kappa shape index (κ3) is 1.40. The first-order valence-electron chi connectivity index (χ1n) is 6.51. The summed E-state index contributed by atoms with van der Waals surface area (Å²) in [5.41, 5.74) is 7.03. The van der Waals surface area contributed by atoms with E-state index in [0.29, 0.717) is 0 Å². The van der Waals surface area contributed by atoms with Crippen LogP contribution in [0.3, 0.4) is 0 Å². The smallest absolute Gasteiger partial charge is 0.0874 e. The number of benzene rings is 2. The molecule has 2 aromatic heterocycles. The van der Waals surface area contributed by atoms with E-state index in [0.717, 1.165) is 11.2 Å². The highest BCUT2D eigenvalue weighted by atomic mass is 14.9. The zero-order valence-electron chi connectivity index (χ0n) is 11.0. The largest absolute Gasteiger partial charge is 0.306 e. The molecule has 0 spiro atoms. The maximum Gasteiger partial charge on any atom is 0.0874 e. The van der Waals surface area contributed by atoms with Crippen molar-refractivity contribution in [1.29, 1.82) is 0 Å². The van der Waals surface area contributed by atoms with E-state index in [2.05, 4.69) is 60.7 Å². The number of para-hydroxylation sites is 2. The van der Waals surface area contributed by atoms with E-state index < -0.39 is 0 Å². The van der Waals surface area contributed by atoms with E-state index in [9.17, 15) is 0 Å². The van der Waals surface area contributed by atoms with Gasteiger partial charge in [-0.25, -0.2) is 4.98 Å². The molecule has 0 N–H and O–H groups in total. The molecule has 0 aliphatic rings. The minimum atomic E-state index is 1.05. The Morgan fingerprint density at radius 1 is 0.842 bits per heavy atom. The lowest BCUT2D eigenvalue weighted by molar-refractivity contribution is 1.19. The zero-order chi connectivity index (χ0) is 13.0. The molecule has 2 aromatic carbocycles. The van der Waals surface area contributed by atoms with Gasteiger partial charge in [0.05, 0.1) is 27.8 Å². The molecule has 0 amide bonds. The molecule has 0 fully saturated rings. The van der Waals surface area contributed by atoms with Crippen LogP contribution in [0.25, 0.3) is 27.5 Å². The van der Waals surface area contributed by atoms with Crippen molar-refractivity contribution in [1.82, 2.24) is 9.38 Å². The monoisotopic (exact) mass is 246 g/mol. The first-order chi connectivity index (χ1) is 9.24. The van der Waals surface area contributed by atoms with Crippen molar-refractivity contribution in [3.05, 3.63) is 59.8 Å². The summed E-state index contributed by atoms with van der Waals surface area (Å²) in [7, 11) is 0. The van der Waals surface area contributed by atoms with E-state index in [1.807, 2.05) is 6.07 Å². The Morgan fingerprint density at radius 2 is 1.68 bits per heavy atom. The van der Waals surface area contributed by atoms with Gasteiger partial charge in [-0.1, -0.05) is 23.8 Å². The second kappa shape index (κ2) is 3.58. The fourth-order valence-electron chi connectivity index (χ4n) is 2.85. The number of rotatable bonds is 0. The van der Waals surface area contributed by atoms with Crippen molar-refractivity contribution in [2.45, 2.75) is 13.8 Å². The van der Waals surface area contributed by atoms with Crippen LogP contribution < -0.4 is 0 Å². The molecule has 0 bridgehead atoms. The van der Waals surface area contributed by atoms with Crippen molar-refractivity contribution < 1.29 is 0 Å². The molecular formula is C17H14N2. The summed E-state index contributed by atoms with van der Waals surface area (Å²) in [4.78, 5) is 4.70. The van der Waals surface area contributed by atoms with Gasteiger partial charge in [0, 0.05) is 5.39 Å². The number of hydrogen-bond acceptors (Lipinski definition) is 1. The third-order valence-electron chi connectivity index (χ3n) is 3.74. The molecule has 0 saturated carbocycles. The van der Waals surface area contributed by atoms with E-state index in [1.165, 1.54) is 27.5 Å².